The van der Waals surface area contributed by atoms with Gasteiger partial charge in [0.25, 0.3) is 5.19 Å². The molecule has 0 aliphatic rings. The average Bonchev–Trinajstić information content (AvgIpc) is 2.68. The first-order chi connectivity index (χ1) is 8.51. The van der Waals surface area contributed by atoms with Crippen molar-refractivity contribution < 1.29 is 19.4 Å². The van der Waals surface area contributed by atoms with Crippen molar-refractivity contribution in [3.8, 4) is 10.9 Å². The molecule has 18 heavy (non-hydrogen) atoms. The van der Waals surface area contributed by atoms with Crippen LogP contribution in [0.25, 0.3) is 10.2 Å². The second-order valence-corrected chi connectivity index (χ2v) is 4.98. The molecule has 1 aromatic heterocycles. The second-order valence-electron chi connectivity index (χ2n) is 3.98. The van der Waals surface area contributed by atoms with E-state index in [4.69, 9.17) is 4.74 Å². The number of aromatic nitrogens is 1. The number of benzene rings is 1. The highest BCUT2D eigenvalue weighted by Gasteiger charge is 2.16. The van der Waals surface area contributed by atoms with E-state index in [9.17, 15) is 9.90 Å². The van der Waals surface area contributed by atoms with Crippen molar-refractivity contribution in [3.05, 3.63) is 17.7 Å². The molecule has 2 rings (SSSR count). The number of carbonyl (C=O) groups is 1. The van der Waals surface area contributed by atoms with Gasteiger partial charge in [0.1, 0.15) is 11.3 Å². The Morgan fingerprint density at radius 1 is 1.44 bits per heavy atom. The minimum atomic E-state index is -0.446. The van der Waals surface area contributed by atoms with Crippen LogP contribution in [-0.2, 0) is 4.74 Å². The normalized spacial score (nSPS) is 10.9. The maximum atomic E-state index is 11.5. The van der Waals surface area contributed by atoms with Gasteiger partial charge in [0.05, 0.1) is 23.5 Å². The van der Waals surface area contributed by atoms with E-state index in [1.54, 1.807) is 12.1 Å². The lowest BCUT2D eigenvalue weighted by Gasteiger charge is -2.11. The van der Waals surface area contributed by atoms with Crippen molar-refractivity contribution in [2.75, 3.05) is 7.11 Å². The third-order valence-electron chi connectivity index (χ3n) is 2.23. The Hall–Kier alpha value is -1.82. The van der Waals surface area contributed by atoms with Crippen LogP contribution in [0, 0.1) is 0 Å². The lowest BCUT2D eigenvalue weighted by molar-refractivity contribution is 0.0600. The van der Waals surface area contributed by atoms with Crippen molar-refractivity contribution in [2.24, 2.45) is 0 Å². The van der Waals surface area contributed by atoms with E-state index in [0.29, 0.717) is 21.5 Å². The Balaban J connectivity index is 2.60. The van der Waals surface area contributed by atoms with E-state index in [1.165, 1.54) is 7.11 Å². The zero-order chi connectivity index (χ0) is 13.3. The van der Waals surface area contributed by atoms with E-state index >= 15 is 0 Å². The van der Waals surface area contributed by atoms with Gasteiger partial charge in [0, 0.05) is 0 Å². The number of ether oxygens (including phenoxy) is 2. The minimum Gasteiger partial charge on any atom is -0.489 e. The van der Waals surface area contributed by atoms with Gasteiger partial charge in [-0.15, -0.1) is 0 Å². The van der Waals surface area contributed by atoms with Crippen LogP contribution in [0.15, 0.2) is 12.1 Å². The Morgan fingerprint density at radius 3 is 2.78 bits per heavy atom. The molecule has 6 heteroatoms. The fourth-order valence-corrected chi connectivity index (χ4v) is 2.33. The molecule has 0 aliphatic heterocycles. The van der Waals surface area contributed by atoms with Crippen LogP contribution in [0.1, 0.15) is 24.2 Å². The molecule has 96 valence electrons. The topological polar surface area (TPSA) is 68.7 Å². The molecule has 0 saturated carbocycles. The lowest BCUT2D eigenvalue weighted by atomic mass is 10.2. The summed E-state index contributed by atoms with van der Waals surface area (Å²) in [6.07, 6.45) is -0.0510. The number of thiazole rings is 1. The van der Waals surface area contributed by atoms with Crippen LogP contribution in [0.3, 0.4) is 0 Å². The summed E-state index contributed by atoms with van der Waals surface area (Å²) in [6, 6.07) is 3.21. The third kappa shape index (κ3) is 2.38. The molecule has 1 aromatic carbocycles. The summed E-state index contributed by atoms with van der Waals surface area (Å²) in [7, 11) is 1.32. The molecule has 0 spiro atoms. The minimum absolute atomic E-state index is 0.0510. The van der Waals surface area contributed by atoms with E-state index in [2.05, 4.69) is 9.72 Å². The quantitative estimate of drug-likeness (QED) is 0.866. The number of rotatable bonds is 3. The molecule has 0 unspecified atom stereocenters. The molecular weight excluding hydrogens is 254 g/mol. The molecule has 1 heterocycles. The lowest BCUT2D eigenvalue weighted by Crippen LogP contribution is -2.08. The number of esters is 1. The van der Waals surface area contributed by atoms with Crippen molar-refractivity contribution in [2.45, 2.75) is 20.0 Å². The van der Waals surface area contributed by atoms with Gasteiger partial charge < -0.3 is 14.6 Å². The van der Waals surface area contributed by atoms with E-state index in [0.717, 1.165) is 11.3 Å². The number of nitrogens with zero attached hydrogens (tertiary/aromatic N) is 1. The molecule has 2 aromatic rings. The summed E-state index contributed by atoms with van der Waals surface area (Å²) in [5, 5.41) is 9.38. The monoisotopic (exact) mass is 267 g/mol. The number of hydrogen-bond donors (Lipinski definition) is 1. The van der Waals surface area contributed by atoms with Gasteiger partial charge in [-0.05, 0) is 26.0 Å². The highest BCUT2D eigenvalue weighted by Crippen LogP contribution is 2.34. The number of aromatic hydroxyl groups is 1. The van der Waals surface area contributed by atoms with Gasteiger partial charge in [-0.1, -0.05) is 11.3 Å². The molecule has 0 amide bonds. The summed E-state index contributed by atoms with van der Waals surface area (Å²) in [4.78, 5) is 15.5. The van der Waals surface area contributed by atoms with E-state index in [-0.39, 0.29) is 11.3 Å². The number of hydrogen-bond acceptors (Lipinski definition) is 6. The predicted octanol–water partition coefficient (Wildman–Crippen LogP) is 2.58. The highest BCUT2D eigenvalue weighted by molar-refractivity contribution is 7.20. The molecule has 0 bridgehead atoms. The van der Waals surface area contributed by atoms with E-state index in [1.807, 2.05) is 13.8 Å². The summed E-state index contributed by atoms with van der Waals surface area (Å²) >= 11 is 1.09. The molecule has 1 N–H and O–H groups in total. The number of methoxy groups -OCH3 is 1. The number of carbonyl (C=O) groups excluding carboxylic acids is 1. The van der Waals surface area contributed by atoms with Crippen molar-refractivity contribution in [1.82, 2.24) is 4.98 Å². The van der Waals surface area contributed by atoms with Crippen molar-refractivity contribution in [1.29, 1.82) is 0 Å². The summed E-state index contributed by atoms with van der Waals surface area (Å²) in [5.74, 6) is 0.0258. The van der Waals surface area contributed by atoms with Gasteiger partial charge in [-0.3, -0.25) is 0 Å². The molecule has 0 saturated heterocycles. The third-order valence-corrected chi connectivity index (χ3v) is 3.04. The Morgan fingerprint density at radius 2 is 2.17 bits per heavy atom. The Kier molecular flexibility index (Phi) is 3.38. The first kappa shape index (κ1) is 12.6. The van der Waals surface area contributed by atoms with Gasteiger partial charge >= 0.3 is 5.97 Å². The van der Waals surface area contributed by atoms with Gasteiger partial charge in [-0.2, -0.15) is 4.98 Å². The molecule has 0 aliphatic carbocycles. The molecule has 5 nitrogen and oxygen atoms in total. The standard InChI is InChI=1S/C12H13NO4S/c1-6(2)17-8-4-7(11(14)16-3)5-9-10(8)13-12(15)18-9/h4-6H,1-3H3,(H,13,15). The fraction of sp³-hybridized carbons (Fsp3) is 0.333. The molecular formula is C12H13NO4S. The largest absolute Gasteiger partial charge is 0.489 e. The van der Waals surface area contributed by atoms with Crippen LogP contribution in [0.5, 0.6) is 10.9 Å². The molecule has 0 atom stereocenters. The second kappa shape index (κ2) is 4.81. The molecule has 0 fully saturated rings. The summed E-state index contributed by atoms with van der Waals surface area (Å²) in [5.41, 5.74) is 0.933. The van der Waals surface area contributed by atoms with E-state index < -0.39 is 5.97 Å². The van der Waals surface area contributed by atoms with Crippen LogP contribution < -0.4 is 4.74 Å². The van der Waals surface area contributed by atoms with Gasteiger partial charge in [0.2, 0.25) is 0 Å². The summed E-state index contributed by atoms with van der Waals surface area (Å²) < 4.78 is 11.0. The smallest absolute Gasteiger partial charge is 0.338 e. The maximum absolute atomic E-state index is 11.5. The highest BCUT2D eigenvalue weighted by atomic mass is 32.1. The number of fused-ring (bicyclic) bond motifs is 1. The first-order valence-corrected chi connectivity index (χ1v) is 6.21. The molecule has 0 radical (unpaired) electrons. The van der Waals surface area contributed by atoms with Crippen molar-refractivity contribution >= 4 is 27.5 Å². The summed E-state index contributed by atoms with van der Waals surface area (Å²) in [6.45, 7) is 3.76. The van der Waals surface area contributed by atoms with Crippen molar-refractivity contribution in [3.63, 3.8) is 0 Å². The van der Waals surface area contributed by atoms with Crippen LogP contribution >= 0.6 is 11.3 Å². The fourth-order valence-electron chi connectivity index (χ4n) is 1.57. The maximum Gasteiger partial charge on any atom is 0.338 e. The van der Waals surface area contributed by atoms with Crippen LogP contribution in [0.2, 0.25) is 0 Å². The van der Waals surface area contributed by atoms with Crippen LogP contribution in [0.4, 0.5) is 0 Å². The zero-order valence-electron chi connectivity index (χ0n) is 10.3. The predicted molar refractivity (Wildman–Crippen MR) is 68.4 cm³/mol. The SMILES string of the molecule is COC(=O)c1cc(OC(C)C)c2nc(O)sc2c1. The zero-order valence-corrected chi connectivity index (χ0v) is 11.1. The van der Waals surface area contributed by atoms with Gasteiger partial charge in [0.15, 0.2) is 0 Å². The average molecular weight is 267 g/mol. The first-order valence-electron chi connectivity index (χ1n) is 5.39. The Labute approximate surface area is 108 Å². The Bertz CT molecular complexity index is 591. The van der Waals surface area contributed by atoms with Gasteiger partial charge in [-0.25, -0.2) is 4.79 Å². The van der Waals surface area contributed by atoms with Crippen LogP contribution in [-0.4, -0.2) is 29.3 Å².